The van der Waals surface area contributed by atoms with Crippen molar-refractivity contribution in [1.82, 2.24) is 0 Å². The maximum atomic E-state index is 5.72. The fraction of sp³-hybridized carbons (Fsp3) is 0.368. The van der Waals surface area contributed by atoms with Crippen LogP contribution in [0.2, 0.25) is 0 Å². The highest BCUT2D eigenvalue weighted by molar-refractivity contribution is 5.48. The molecule has 0 aliphatic rings. The Kier molecular flexibility index (Phi) is 6.15. The Labute approximate surface area is 139 Å². The molecule has 0 bridgehead atoms. The molecular formula is C19H26N2O2. The first-order valence-corrected chi connectivity index (χ1v) is 7.86. The smallest absolute Gasteiger partial charge is 0.119 e. The van der Waals surface area contributed by atoms with Crippen LogP contribution in [0.25, 0.3) is 0 Å². The molecule has 23 heavy (non-hydrogen) atoms. The molecule has 0 aliphatic carbocycles. The standard InChI is InChI=1S/C19H26N2O2/c1-20(2)16-6-10-18(11-7-16)22-14-5-15-23-19-12-8-17(9-13-19)21(3)4/h6-13H,5,14-15H2,1-4H3. The normalized spacial score (nSPS) is 10.3. The Hall–Kier alpha value is -2.36. The van der Waals surface area contributed by atoms with Gasteiger partial charge in [-0.25, -0.2) is 0 Å². The van der Waals surface area contributed by atoms with Gasteiger partial charge in [-0.1, -0.05) is 0 Å². The van der Waals surface area contributed by atoms with E-state index in [2.05, 4.69) is 34.1 Å². The lowest BCUT2D eigenvalue weighted by Crippen LogP contribution is -2.09. The minimum atomic E-state index is 0.650. The second-order valence-electron chi connectivity index (χ2n) is 5.83. The zero-order valence-corrected chi connectivity index (χ0v) is 14.5. The number of rotatable bonds is 8. The number of benzene rings is 2. The molecule has 0 spiro atoms. The number of ether oxygens (including phenoxy) is 2. The molecule has 0 saturated heterocycles. The largest absolute Gasteiger partial charge is 0.493 e. The Bertz CT molecular complexity index is 524. The van der Waals surface area contributed by atoms with Gasteiger partial charge < -0.3 is 19.3 Å². The molecule has 2 rings (SSSR count). The molecule has 0 atom stereocenters. The lowest BCUT2D eigenvalue weighted by Gasteiger charge is -2.14. The molecule has 4 heteroatoms. The summed E-state index contributed by atoms with van der Waals surface area (Å²) in [6, 6.07) is 16.2. The van der Waals surface area contributed by atoms with Gasteiger partial charge in [0.15, 0.2) is 0 Å². The monoisotopic (exact) mass is 314 g/mol. The molecule has 0 saturated carbocycles. The van der Waals surface area contributed by atoms with Gasteiger partial charge in [-0.15, -0.1) is 0 Å². The van der Waals surface area contributed by atoms with Crippen molar-refractivity contribution >= 4 is 11.4 Å². The van der Waals surface area contributed by atoms with E-state index >= 15 is 0 Å². The zero-order valence-electron chi connectivity index (χ0n) is 14.5. The van der Waals surface area contributed by atoms with Crippen molar-refractivity contribution in [2.75, 3.05) is 51.2 Å². The summed E-state index contributed by atoms with van der Waals surface area (Å²) in [5.41, 5.74) is 2.34. The van der Waals surface area contributed by atoms with Crippen molar-refractivity contribution in [2.24, 2.45) is 0 Å². The highest BCUT2D eigenvalue weighted by atomic mass is 16.5. The minimum absolute atomic E-state index is 0.650. The van der Waals surface area contributed by atoms with Gasteiger partial charge in [-0.2, -0.15) is 0 Å². The van der Waals surface area contributed by atoms with Gasteiger partial charge in [0.1, 0.15) is 11.5 Å². The van der Waals surface area contributed by atoms with E-state index in [1.807, 2.05) is 52.5 Å². The molecular weight excluding hydrogens is 288 g/mol. The van der Waals surface area contributed by atoms with E-state index in [9.17, 15) is 0 Å². The molecule has 0 N–H and O–H groups in total. The molecule has 124 valence electrons. The van der Waals surface area contributed by atoms with Gasteiger partial charge in [0, 0.05) is 46.0 Å². The van der Waals surface area contributed by atoms with Gasteiger partial charge in [0.2, 0.25) is 0 Å². The Balaban J connectivity index is 1.67. The van der Waals surface area contributed by atoms with Crippen LogP contribution in [0.4, 0.5) is 11.4 Å². The predicted octanol–water partition coefficient (Wildman–Crippen LogP) is 3.67. The summed E-state index contributed by atoms with van der Waals surface area (Å²) in [4.78, 5) is 4.14. The van der Waals surface area contributed by atoms with Crippen LogP contribution in [0.3, 0.4) is 0 Å². The maximum absolute atomic E-state index is 5.72. The van der Waals surface area contributed by atoms with Gasteiger partial charge in [-0.3, -0.25) is 0 Å². The quantitative estimate of drug-likeness (QED) is 0.694. The van der Waals surface area contributed by atoms with Gasteiger partial charge >= 0.3 is 0 Å². The molecule has 0 unspecified atom stereocenters. The molecule has 0 radical (unpaired) electrons. The van der Waals surface area contributed by atoms with Crippen LogP contribution in [0.15, 0.2) is 48.5 Å². The van der Waals surface area contributed by atoms with Crippen LogP contribution >= 0.6 is 0 Å². The summed E-state index contributed by atoms with van der Waals surface area (Å²) < 4.78 is 11.4. The Morgan fingerprint density at radius 3 is 1.26 bits per heavy atom. The predicted molar refractivity (Wildman–Crippen MR) is 97.1 cm³/mol. The third kappa shape index (κ3) is 5.40. The lowest BCUT2D eigenvalue weighted by molar-refractivity contribution is 0.247. The molecule has 2 aromatic carbocycles. The SMILES string of the molecule is CN(C)c1ccc(OCCCOc2ccc(N(C)C)cc2)cc1. The first-order chi connectivity index (χ1) is 11.1. The Morgan fingerprint density at radius 2 is 0.957 bits per heavy atom. The van der Waals surface area contributed by atoms with E-state index in [4.69, 9.17) is 9.47 Å². The van der Waals surface area contributed by atoms with E-state index in [0.717, 1.165) is 17.9 Å². The average molecular weight is 314 g/mol. The lowest BCUT2D eigenvalue weighted by atomic mass is 10.3. The number of hydrogen-bond acceptors (Lipinski definition) is 4. The first kappa shape index (κ1) is 17.0. The van der Waals surface area contributed by atoms with Crippen molar-refractivity contribution in [3.63, 3.8) is 0 Å². The number of nitrogens with zero attached hydrogens (tertiary/aromatic N) is 2. The van der Waals surface area contributed by atoms with Crippen LogP contribution in [-0.4, -0.2) is 41.4 Å². The van der Waals surface area contributed by atoms with E-state index in [1.165, 1.54) is 11.4 Å². The summed E-state index contributed by atoms with van der Waals surface area (Å²) >= 11 is 0. The van der Waals surface area contributed by atoms with E-state index in [0.29, 0.717) is 13.2 Å². The average Bonchev–Trinajstić information content (AvgIpc) is 2.55. The van der Waals surface area contributed by atoms with Crippen LogP contribution in [0.5, 0.6) is 11.5 Å². The Morgan fingerprint density at radius 1 is 0.609 bits per heavy atom. The molecule has 0 heterocycles. The highest BCUT2D eigenvalue weighted by Crippen LogP contribution is 2.19. The van der Waals surface area contributed by atoms with Crippen molar-refractivity contribution in [1.29, 1.82) is 0 Å². The molecule has 2 aromatic rings. The maximum Gasteiger partial charge on any atom is 0.119 e. The van der Waals surface area contributed by atoms with Crippen molar-refractivity contribution < 1.29 is 9.47 Å². The second-order valence-corrected chi connectivity index (χ2v) is 5.83. The highest BCUT2D eigenvalue weighted by Gasteiger charge is 1.99. The van der Waals surface area contributed by atoms with Crippen molar-refractivity contribution in [3.05, 3.63) is 48.5 Å². The minimum Gasteiger partial charge on any atom is -0.493 e. The summed E-state index contributed by atoms with van der Waals surface area (Å²) in [5, 5.41) is 0. The van der Waals surface area contributed by atoms with Crippen LogP contribution < -0.4 is 19.3 Å². The fourth-order valence-corrected chi connectivity index (χ4v) is 2.12. The number of hydrogen-bond donors (Lipinski definition) is 0. The fourth-order valence-electron chi connectivity index (χ4n) is 2.12. The van der Waals surface area contributed by atoms with Crippen LogP contribution in [0, 0.1) is 0 Å². The molecule has 0 fully saturated rings. The van der Waals surface area contributed by atoms with E-state index in [1.54, 1.807) is 0 Å². The third-order valence-electron chi connectivity index (χ3n) is 3.53. The topological polar surface area (TPSA) is 24.9 Å². The van der Waals surface area contributed by atoms with Crippen LogP contribution in [0.1, 0.15) is 6.42 Å². The summed E-state index contributed by atoms with van der Waals surface area (Å²) in [5.74, 6) is 1.79. The van der Waals surface area contributed by atoms with Crippen molar-refractivity contribution in [3.8, 4) is 11.5 Å². The molecule has 4 nitrogen and oxygen atoms in total. The third-order valence-corrected chi connectivity index (χ3v) is 3.53. The summed E-state index contributed by atoms with van der Waals surface area (Å²) in [7, 11) is 8.10. The first-order valence-electron chi connectivity index (χ1n) is 7.86. The van der Waals surface area contributed by atoms with Crippen molar-refractivity contribution in [2.45, 2.75) is 6.42 Å². The zero-order chi connectivity index (χ0) is 16.7. The molecule has 0 aliphatic heterocycles. The molecule has 0 amide bonds. The van der Waals surface area contributed by atoms with Gasteiger partial charge in [0.25, 0.3) is 0 Å². The number of anilines is 2. The van der Waals surface area contributed by atoms with Gasteiger partial charge in [-0.05, 0) is 48.5 Å². The van der Waals surface area contributed by atoms with E-state index < -0.39 is 0 Å². The van der Waals surface area contributed by atoms with E-state index in [-0.39, 0.29) is 0 Å². The summed E-state index contributed by atoms with van der Waals surface area (Å²) in [6.45, 7) is 1.30. The summed E-state index contributed by atoms with van der Waals surface area (Å²) in [6.07, 6.45) is 0.852. The van der Waals surface area contributed by atoms with Gasteiger partial charge in [0.05, 0.1) is 13.2 Å². The van der Waals surface area contributed by atoms with Crippen LogP contribution in [-0.2, 0) is 0 Å². The second kappa shape index (κ2) is 8.32. The molecule has 0 aromatic heterocycles.